The van der Waals surface area contributed by atoms with E-state index < -0.39 is 0 Å². The molecule has 25 heavy (non-hydrogen) atoms. The first-order chi connectivity index (χ1) is 12.4. The van der Waals surface area contributed by atoms with Crippen molar-refractivity contribution in [3.8, 4) is 11.6 Å². The van der Waals surface area contributed by atoms with Crippen LogP contribution in [0.2, 0.25) is 0 Å². The Morgan fingerprint density at radius 3 is 2.64 bits per heavy atom. The van der Waals surface area contributed by atoms with E-state index in [2.05, 4.69) is 23.2 Å². The second-order valence-corrected chi connectivity index (χ2v) is 6.67. The van der Waals surface area contributed by atoms with Crippen molar-refractivity contribution in [2.45, 2.75) is 44.6 Å². The zero-order valence-electron chi connectivity index (χ0n) is 14.3. The maximum Gasteiger partial charge on any atom is 0.215 e. The minimum Gasteiger partial charge on any atom is -0.473 e. The van der Waals surface area contributed by atoms with Gasteiger partial charge in [-0.3, -0.25) is 0 Å². The first-order valence-electron chi connectivity index (χ1n) is 9.05. The normalized spacial score (nSPS) is 15.2. The molecule has 0 radical (unpaired) electrons. The third-order valence-electron chi connectivity index (χ3n) is 4.86. The Labute approximate surface area is 148 Å². The van der Waals surface area contributed by atoms with Gasteiger partial charge in [-0.25, -0.2) is 9.97 Å². The van der Waals surface area contributed by atoms with E-state index in [1.54, 1.807) is 6.20 Å². The third kappa shape index (κ3) is 3.90. The molecule has 1 fully saturated rings. The number of hydrogen-bond acceptors (Lipinski definition) is 3. The molecular weight excluding hydrogens is 310 g/mol. The number of rotatable bonds is 5. The van der Waals surface area contributed by atoms with Crippen LogP contribution >= 0.6 is 0 Å². The topological polar surface area (TPSA) is 39.9 Å². The summed E-state index contributed by atoms with van der Waals surface area (Å²) in [5.74, 6) is 1.23. The lowest BCUT2D eigenvalue weighted by Gasteiger charge is -2.22. The predicted octanol–water partition coefficient (Wildman–Crippen LogP) is 4.89. The van der Waals surface area contributed by atoms with Crippen LogP contribution in [-0.4, -0.2) is 14.5 Å². The summed E-state index contributed by atoms with van der Waals surface area (Å²) >= 11 is 0. The second-order valence-electron chi connectivity index (χ2n) is 6.67. The molecule has 0 atom stereocenters. The Kier molecular flexibility index (Phi) is 4.77. The van der Waals surface area contributed by atoms with Crippen molar-refractivity contribution in [2.24, 2.45) is 0 Å². The summed E-state index contributed by atoms with van der Waals surface area (Å²) in [6.45, 7) is 0.533. The van der Waals surface area contributed by atoms with E-state index in [9.17, 15) is 0 Å². The van der Waals surface area contributed by atoms with E-state index in [-0.39, 0.29) is 0 Å². The third-order valence-corrected chi connectivity index (χ3v) is 4.86. The number of ether oxygens (including phenoxy) is 1. The van der Waals surface area contributed by atoms with E-state index in [4.69, 9.17) is 9.72 Å². The molecule has 1 aliphatic rings. The van der Waals surface area contributed by atoms with Gasteiger partial charge in [0.2, 0.25) is 5.88 Å². The molecule has 128 valence electrons. The van der Waals surface area contributed by atoms with Gasteiger partial charge >= 0.3 is 0 Å². The summed E-state index contributed by atoms with van der Waals surface area (Å²) in [6, 6.07) is 14.4. The molecule has 4 nitrogen and oxygen atoms in total. The maximum atomic E-state index is 6.02. The SMILES string of the molecule is c1ccc(COc2cc(-n3ccnc3)cc(C3CCCCC3)n2)cc1. The minimum atomic E-state index is 0.533. The van der Waals surface area contributed by atoms with E-state index in [1.165, 1.54) is 32.1 Å². The molecular formula is C21H23N3O. The van der Waals surface area contributed by atoms with Crippen LogP contribution in [0.3, 0.4) is 0 Å². The highest BCUT2D eigenvalue weighted by Crippen LogP contribution is 2.33. The molecule has 0 unspecified atom stereocenters. The van der Waals surface area contributed by atoms with Gasteiger partial charge in [-0.15, -0.1) is 0 Å². The molecule has 1 aliphatic carbocycles. The van der Waals surface area contributed by atoms with Crippen molar-refractivity contribution < 1.29 is 4.74 Å². The van der Waals surface area contributed by atoms with Crippen LogP contribution in [0, 0.1) is 0 Å². The molecule has 1 aromatic carbocycles. The lowest BCUT2D eigenvalue weighted by molar-refractivity contribution is 0.291. The standard InChI is InChI=1S/C21H23N3O/c1-3-7-17(8-4-1)15-25-21-14-19(24-12-11-22-16-24)13-20(23-21)18-9-5-2-6-10-18/h1,3-4,7-8,11-14,16,18H,2,5-6,9-10,15H2. The fraction of sp³-hybridized carbons (Fsp3) is 0.333. The lowest BCUT2D eigenvalue weighted by atomic mass is 9.86. The Bertz CT molecular complexity index is 793. The molecule has 0 saturated heterocycles. The average molecular weight is 333 g/mol. The summed E-state index contributed by atoms with van der Waals surface area (Å²) in [5.41, 5.74) is 3.36. The van der Waals surface area contributed by atoms with Gasteiger partial charge in [-0.05, 0) is 24.5 Å². The summed E-state index contributed by atoms with van der Waals surface area (Å²) in [6.07, 6.45) is 11.9. The van der Waals surface area contributed by atoms with Crippen LogP contribution in [0.25, 0.3) is 5.69 Å². The van der Waals surface area contributed by atoms with Gasteiger partial charge in [-0.2, -0.15) is 0 Å². The molecule has 0 spiro atoms. The van der Waals surface area contributed by atoms with Gasteiger partial charge in [0.05, 0.1) is 12.0 Å². The van der Waals surface area contributed by atoms with Crippen molar-refractivity contribution in [2.75, 3.05) is 0 Å². The van der Waals surface area contributed by atoms with Gasteiger partial charge in [0.1, 0.15) is 6.61 Å². The minimum absolute atomic E-state index is 0.533. The van der Waals surface area contributed by atoms with Crippen LogP contribution in [0.5, 0.6) is 5.88 Å². The lowest BCUT2D eigenvalue weighted by Crippen LogP contribution is -2.09. The fourth-order valence-corrected chi connectivity index (χ4v) is 3.49. The zero-order chi connectivity index (χ0) is 16.9. The smallest absolute Gasteiger partial charge is 0.215 e. The van der Waals surface area contributed by atoms with Crippen molar-refractivity contribution in [1.29, 1.82) is 0 Å². The Morgan fingerprint density at radius 1 is 1.04 bits per heavy atom. The average Bonchev–Trinajstić information content (AvgIpc) is 3.23. The molecule has 0 amide bonds. The van der Waals surface area contributed by atoms with Crippen LogP contribution in [0.15, 0.2) is 61.2 Å². The van der Waals surface area contributed by atoms with Gasteiger partial charge in [-0.1, -0.05) is 49.6 Å². The number of pyridine rings is 1. The molecule has 0 N–H and O–H groups in total. The van der Waals surface area contributed by atoms with Crippen LogP contribution < -0.4 is 4.74 Å². The molecule has 2 aromatic heterocycles. The van der Waals surface area contributed by atoms with Crippen LogP contribution in [-0.2, 0) is 6.61 Å². The predicted molar refractivity (Wildman–Crippen MR) is 98.0 cm³/mol. The van der Waals surface area contributed by atoms with Gasteiger partial charge < -0.3 is 9.30 Å². The van der Waals surface area contributed by atoms with Crippen molar-refractivity contribution in [3.63, 3.8) is 0 Å². The van der Waals surface area contributed by atoms with Crippen LogP contribution in [0.1, 0.15) is 49.3 Å². The molecule has 2 heterocycles. The zero-order valence-corrected chi connectivity index (χ0v) is 14.3. The van der Waals surface area contributed by atoms with Crippen LogP contribution in [0.4, 0.5) is 0 Å². The maximum absolute atomic E-state index is 6.02. The summed E-state index contributed by atoms with van der Waals surface area (Å²) in [5, 5.41) is 0. The summed E-state index contributed by atoms with van der Waals surface area (Å²) in [7, 11) is 0. The van der Waals surface area contributed by atoms with Crippen molar-refractivity contribution >= 4 is 0 Å². The van der Waals surface area contributed by atoms with Gasteiger partial charge in [0.25, 0.3) is 0 Å². The molecule has 1 saturated carbocycles. The monoisotopic (exact) mass is 333 g/mol. The molecule has 3 aromatic rings. The van der Waals surface area contributed by atoms with Gasteiger partial charge in [0, 0.05) is 30.1 Å². The van der Waals surface area contributed by atoms with Crippen molar-refractivity contribution in [1.82, 2.24) is 14.5 Å². The number of hydrogen-bond donors (Lipinski definition) is 0. The molecule has 4 rings (SSSR count). The first kappa shape index (κ1) is 15.9. The molecule has 4 heteroatoms. The highest BCUT2D eigenvalue weighted by Gasteiger charge is 2.18. The molecule has 0 aliphatic heterocycles. The highest BCUT2D eigenvalue weighted by atomic mass is 16.5. The van der Waals surface area contributed by atoms with Crippen molar-refractivity contribution in [3.05, 3.63) is 72.4 Å². The van der Waals surface area contributed by atoms with E-state index in [0.717, 1.165) is 16.9 Å². The number of imidazole rings is 1. The van der Waals surface area contributed by atoms with E-state index >= 15 is 0 Å². The fourth-order valence-electron chi connectivity index (χ4n) is 3.49. The number of aromatic nitrogens is 3. The Balaban J connectivity index is 1.61. The molecule has 0 bridgehead atoms. The van der Waals surface area contributed by atoms with E-state index in [1.807, 2.05) is 41.4 Å². The second kappa shape index (κ2) is 7.51. The van der Waals surface area contributed by atoms with Gasteiger partial charge in [0.15, 0.2) is 0 Å². The van der Waals surface area contributed by atoms with E-state index in [0.29, 0.717) is 18.4 Å². The number of benzene rings is 1. The highest BCUT2D eigenvalue weighted by molar-refractivity contribution is 5.39. The first-order valence-corrected chi connectivity index (χ1v) is 9.05. The Hall–Kier alpha value is -2.62. The quantitative estimate of drug-likeness (QED) is 0.667. The summed E-state index contributed by atoms with van der Waals surface area (Å²) < 4.78 is 8.03. The largest absolute Gasteiger partial charge is 0.473 e. The Morgan fingerprint density at radius 2 is 1.88 bits per heavy atom. The summed E-state index contributed by atoms with van der Waals surface area (Å²) in [4.78, 5) is 8.99. The number of nitrogens with zero attached hydrogens (tertiary/aromatic N) is 3.